The molecule has 2 saturated heterocycles. The van der Waals surface area contributed by atoms with Gasteiger partial charge in [-0.05, 0) is 38.0 Å². The van der Waals surface area contributed by atoms with Gasteiger partial charge in [0, 0.05) is 55.2 Å². The van der Waals surface area contributed by atoms with Crippen molar-refractivity contribution in [1.82, 2.24) is 9.88 Å². The van der Waals surface area contributed by atoms with Crippen molar-refractivity contribution < 1.29 is 5.11 Å². The first-order valence-corrected chi connectivity index (χ1v) is 10.5. The van der Waals surface area contributed by atoms with Gasteiger partial charge in [0.2, 0.25) is 0 Å². The quantitative estimate of drug-likeness (QED) is 0.914. The number of anilines is 1. The molecule has 1 N–H and O–H groups in total. The molecule has 25 heavy (non-hydrogen) atoms. The fourth-order valence-electron chi connectivity index (χ4n) is 3.87. The van der Waals surface area contributed by atoms with Crippen molar-refractivity contribution in [2.24, 2.45) is 0 Å². The lowest BCUT2D eigenvalue weighted by atomic mass is 10.1. The maximum Gasteiger partial charge on any atom is 0.133 e. The first-order chi connectivity index (χ1) is 12.2. The number of aliphatic hydroxyl groups excluding tert-OH is 1. The lowest BCUT2D eigenvalue weighted by Gasteiger charge is -2.34. The van der Waals surface area contributed by atoms with Crippen molar-refractivity contribution >= 4 is 28.5 Å². The van der Waals surface area contributed by atoms with E-state index >= 15 is 0 Å². The highest BCUT2D eigenvalue weighted by Crippen LogP contribution is 2.28. The molecule has 2 aromatic rings. The van der Waals surface area contributed by atoms with E-state index < -0.39 is 0 Å². The molecule has 4 rings (SSSR count). The molecule has 3 heterocycles. The minimum absolute atomic E-state index is 0.233. The highest BCUT2D eigenvalue weighted by Gasteiger charge is 2.23. The lowest BCUT2D eigenvalue weighted by Crippen LogP contribution is -2.40. The normalized spacial score (nSPS) is 22.5. The second-order valence-corrected chi connectivity index (χ2v) is 8.52. The Kier molecular flexibility index (Phi) is 5.15. The standard InChI is InChI=1S/C20H27N3OS/c1-15-4-5-19-16(11-15)12-17(13-22-7-9-25-10-8-22)20(21-19)23-6-2-3-18(24)14-23/h4-5,11-12,18,24H,2-3,6-10,13-14H2,1H3/t18-/m0/s1. The van der Waals surface area contributed by atoms with Crippen molar-refractivity contribution in [2.45, 2.75) is 32.4 Å². The highest BCUT2D eigenvalue weighted by atomic mass is 32.2. The predicted octanol–water partition coefficient (Wildman–Crippen LogP) is 3.05. The largest absolute Gasteiger partial charge is 0.391 e. The highest BCUT2D eigenvalue weighted by molar-refractivity contribution is 7.99. The number of pyridine rings is 1. The number of piperidine rings is 1. The maximum atomic E-state index is 10.1. The van der Waals surface area contributed by atoms with Crippen LogP contribution in [0.1, 0.15) is 24.0 Å². The van der Waals surface area contributed by atoms with Crippen molar-refractivity contribution in [3.05, 3.63) is 35.4 Å². The fourth-order valence-corrected chi connectivity index (χ4v) is 4.85. The second kappa shape index (κ2) is 7.52. The van der Waals surface area contributed by atoms with E-state index in [4.69, 9.17) is 4.98 Å². The van der Waals surface area contributed by atoms with Crippen LogP contribution in [0.15, 0.2) is 24.3 Å². The molecule has 0 spiro atoms. The van der Waals surface area contributed by atoms with Crippen LogP contribution in [0.5, 0.6) is 0 Å². The van der Waals surface area contributed by atoms with Crippen LogP contribution in [0.25, 0.3) is 10.9 Å². The van der Waals surface area contributed by atoms with Gasteiger partial charge in [-0.3, -0.25) is 4.90 Å². The summed E-state index contributed by atoms with van der Waals surface area (Å²) in [5.74, 6) is 3.52. The number of nitrogens with zero attached hydrogens (tertiary/aromatic N) is 3. The molecule has 0 radical (unpaired) electrons. The van der Waals surface area contributed by atoms with Crippen LogP contribution in [0.4, 0.5) is 5.82 Å². The summed E-state index contributed by atoms with van der Waals surface area (Å²) >= 11 is 2.05. The molecule has 0 amide bonds. The van der Waals surface area contributed by atoms with Crippen LogP contribution >= 0.6 is 11.8 Å². The number of hydrogen-bond donors (Lipinski definition) is 1. The molecule has 1 aromatic heterocycles. The number of hydrogen-bond acceptors (Lipinski definition) is 5. The molecular formula is C20H27N3OS. The Morgan fingerprint density at radius 1 is 1.20 bits per heavy atom. The summed E-state index contributed by atoms with van der Waals surface area (Å²) in [6, 6.07) is 8.81. The summed E-state index contributed by atoms with van der Waals surface area (Å²) in [5, 5.41) is 11.3. The van der Waals surface area contributed by atoms with Crippen LogP contribution in [0.2, 0.25) is 0 Å². The Morgan fingerprint density at radius 2 is 2.04 bits per heavy atom. The molecule has 1 aromatic carbocycles. The van der Waals surface area contributed by atoms with E-state index in [9.17, 15) is 5.11 Å². The Hall–Kier alpha value is -1.30. The number of fused-ring (bicyclic) bond motifs is 1. The Morgan fingerprint density at radius 3 is 2.84 bits per heavy atom. The van der Waals surface area contributed by atoms with Gasteiger partial charge in [-0.25, -0.2) is 4.98 Å². The van der Waals surface area contributed by atoms with Crippen LogP contribution < -0.4 is 4.90 Å². The first-order valence-electron chi connectivity index (χ1n) is 9.32. The zero-order valence-electron chi connectivity index (χ0n) is 14.9. The topological polar surface area (TPSA) is 39.6 Å². The summed E-state index contributed by atoms with van der Waals surface area (Å²) in [7, 11) is 0. The molecule has 2 aliphatic heterocycles. The third-order valence-corrected chi connectivity index (χ3v) is 6.16. The molecule has 4 nitrogen and oxygen atoms in total. The summed E-state index contributed by atoms with van der Waals surface area (Å²) < 4.78 is 0. The summed E-state index contributed by atoms with van der Waals surface area (Å²) in [5.41, 5.74) is 3.63. The molecule has 1 atom stereocenters. The van der Waals surface area contributed by atoms with Crippen molar-refractivity contribution in [3.8, 4) is 0 Å². The molecule has 0 saturated carbocycles. The molecule has 5 heteroatoms. The predicted molar refractivity (Wildman–Crippen MR) is 107 cm³/mol. The minimum atomic E-state index is -0.233. The van der Waals surface area contributed by atoms with E-state index in [0.29, 0.717) is 6.54 Å². The minimum Gasteiger partial charge on any atom is -0.391 e. The molecular weight excluding hydrogens is 330 g/mol. The van der Waals surface area contributed by atoms with Gasteiger partial charge < -0.3 is 10.0 Å². The van der Waals surface area contributed by atoms with E-state index in [0.717, 1.165) is 50.4 Å². The zero-order valence-corrected chi connectivity index (χ0v) is 15.8. The Bertz CT molecular complexity index is 745. The Labute approximate surface area is 154 Å². The number of aryl methyl sites for hydroxylation is 1. The second-order valence-electron chi connectivity index (χ2n) is 7.30. The van der Waals surface area contributed by atoms with Gasteiger partial charge >= 0.3 is 0 Å². The van der Waals surface area contributed by atoms with Gasteiger partial charge in [0.1, 0.15) is 5.82 Å². The monoisotopic (exact) mass is 357 g/mol. The number of β-amino-alcohol motifs (C(OH)–C–C–N with tert-alkyl or cyclic N) is 1. The zero-order chi connectivity index (χ0) is 17.2. The average molecular weight is 358 g/mol. The molecule has 0 bridgehead atoms. The van der Waals surface area contributed by atoms with Gasteiger partial charge in [0.25, 0.3) is 0 Å². The van der Waals surface area contributed by atoms with E-state index in [1.165, 1.54) is 28.0 Å². The van der Waals surface area contributed by atoms with Gasteiger partial charge in [0.05, 0.1) is 11.6 Å². The third kappa shape index (κ3) is 3.94. The van der Waals surface area contributed by atoms with Crippen molar-refractivity contribution in [3.63, 3.8) is 0 Å². The van der Waals surface area contributed by atoms with Crippen LogP contribution in [0.3, 0.4) is 0 Å². The van der Waals surface area contributed by atoms with Gasteiger partial charge in [-0.1, -0.05) is 11.6 Å². The van der Waals surface area contributed by atoms with Gasteiger partial charge in [0.15, 0.2) is 0 Å². The number of aliphatic hydroxyl groups is 1. The average Bonchev–Trinajstić information content (AvgIpc) is 2.62. The smallest absolute Gasteiger partial charge is 0.133 e. The summed E-state index contributed by atoms with van der Waals surface area (Å²) in [6.45, 7) is 7.09. The van der Waals surface area contributed by atoms with E-state index in [1.807, 2.05) is 11.8 Å². The first kappa shape index (κ1) is 17.1. The van der Waals surface area contributed by atoms with Crippen molar-refractivity contribution in [1.29, 1.82) is 0 Å². The maximum absolute atomic E-state index is 10.1. The number of benzene rings is 1. The molecule has 2 fully saturated rings. The van der Waals surface area contributed by atoms with E-state index in [-0.39, 0.29) is 6.10 Å². The summed E-state index contributed by atoms with van der Waals surface area (Å²) in [6.07, 6.45) is 1.71. The van der Waals surface area contributed by atoms with E-state index in [1.54, 1.807) is 0 Å². The molecule has 2 aliphatic rings. The number of thioether (sulfide) groups is 1. The third-order valence-electron chi connectivity index (χ3n) is 5.22. The molecule has 134 valence electrons. The SMILES string of the molecule is Cc1ccc2nc(N3CCC[C@H](O)C3)c(CN3CCSCC3)cc2c1. The van der Waals surface area contributed by atoms with Crippen LogP contribution in [-0.2, 0) is 6.54 Å². The lowest BCUT2D eigenvalue weighted by molar-refractivity contribution is 0.153. The van der Waals surface area contributed by atoms with Gasteiger partial charge in [-0.15, -0.1) is 0 Å². The van der Waals surface area contributed by atoms with Gasteiger partial charge in [-0.2, -0.15) is 11.8 Å². The van der Waals surface area contributed by atoms with Crippen LogP contribution in [-0.4, -0.2) is 58.8 Å². The number of rotatable bonds is 3. The Balaban J connectivity index is 1.71. The van der Waals surface area contributed by atoms with Crippen molar-refractivity contribution in [2.75, 3.05) is 42.6 Å². The summed E-state index contributed by atoms with van der Waals surface area (Å²) in [4.78, 5) is 9.86. The van der Waals surface area contributed by atoms with E-state index in [2.05, 4.69) is 41.0 Å². The molecule has 0 unspecified atom stereocenters. The number of aromatic nitrogens is 1. The molecule has 0 aliphatic carbocycles. The van der Waals surface area contributed by atoms with Crippen LogP contribution in [0, 0.1) is 6.92 Å². The fraction of sp³-hybridized carbons (Fsp3) is 0.550.